The quantitative estimate of drug-likeness (QED) is 0.363. The number of hydrogen-bond acceptors (Lipinski definition) is 6. The molecule has 0 spiro atoms. The van der Waals surface area contributed by atoms with Crippen LogP contribution in [0.4, 0.5) is 9.18 Å². The number of sulfone groups is 1. The molecule has 39 heavy (non-hydrogen) atoms. The first-order valence-corrected chi connectivity index (χ1v) is 14.6. The van der Waals surface area contributed by atoms with E-state index in [2.05, 4.69) is 4.98 Å². The van der Waals surface area contributed by atoms with Gasteiger partial charge in [-0.3, -0.25) is 4.79 Å². The molecule has 5 rings (SSSR count). The first-order chi connectivity index (χ1) is 18.2. The summed E-state index contributed by atoms with van der Waals surface area (Å²) in [5.41, 5.74) is 0.752. The van der Waals surface area contributed by atoms with E-state index >= 15 is 0 Å². The second kappa shape index (κ2) is 9.48. The van der Waals surface area contributed by atoms with Crippen molar-refractivity contribution in [2.45, 2.75) is 57.1 Å². The van der Waals surface area contributed by atoms with Crippen LogP contribution in [0.2, 0.25) is 0 Å². The maximum atomic E-state index is 14.8. The van der Waals surface area contributed by atoms with E-state index in [1.54, 1.807) is 51.5 Å². The molecule has 0 saturated carbocycles. The Hall–Kier alpha value is -3.73. The summed E-state index contributed by atoms with van der Waals surface area (Å²) in [4.78, 5) is 31.8. The van der Waals surface area contributed by atoms with Gasteiger partial charge in [-0.1, -0.05) is 0 Å². The molecule has 206 valence electrons. The van der Waals surface area contributed by atoms with E-state index in [1.807, 2.05) is 20.8 Å². The van der Waals surface area contributed by atoms with Crippen molar-refractivity contribution in [1.29, 1.82) is 0 Å². The summed E-state index contributed by atoms with van der Waals surface area (Å²) in [5, 5.41) is 0.543. The molecule has 11 heteroatoms. The molecule has 1 saturated heterocycles. The zero-order valence-electron chi connectivity index (χ0n) is 22.6. The van der Waals surface area contributed by atoms with Gasteiger partial charge in [0.25, 0.3) is 5.56 Å². The average Bonchev–Trinajstić information content (AvgIpc) is 3.23. The summed E-state index contributed by atoms with van der Waals surface area (Å²) in [6.07, 6.45) is 6.76. The number of carbonyl (C=O) groups excluding carboxylic acids is 1. The topological polar surface area (TPSA) is 103 Å². The van der Waals surface area contributed by atoms with E-state index in [0.717, 1.165) is 6.26 Å². The number of aromatic nitrogens is 3. The normalized spacial score (nSPS) is 15.3. The number of fused-ring (bicyclic) bond motifs is 2. The highest BCUT2D eigenvalue weighted by Crippen LogP contribution is 2.31. The molecule has 1 aliphatic heterocycles. The summed E-state index contributed by atoms with van der Waals surface area (Å²) in [7, 11) is -3.81. The van der Waals surface area contributed by atoms with E-state index in [4.69, 9.17) is 4.74 Å². The molecule has 0 radical (unpaired) electrons. The molecule has 9 nitrogen and oxygen atoms in total. The fraction of sp³-hybridized carbons (Fsp3) is 0.393. The van der Waals surface area contributed by atoms with Gasteiger partial charge < -0.3 is 18.6 Å². The first kappa shape index (κ1) is 26.9. The predicted octanol–water partition coefficient (Wildman–Crippen LogP) is 4.74. The Kier molecular flexibility index (Phi) is 6.53. The number of amides is 1. The molecule has 1 amide bonds. The number of pyridine rings is 2. The molecule has 0 aliphatic carbocycles. The second-order valence-corrected chi connectivity index (χ2v) is 13.1. The Labute approximate surface area is 225 Å². The molecule has 3 aromatic heterocycles. The first-order valence-electron chi connectivity index (χ1n) is 12.7. The number of carbonyl (C=O) groups is 1. The van der Waals surface area contributed by atoms with Gasteiger partial charge in [0.1, 0.15) is 5.60 Å². The third-order valence-electron chi connectivity index (χ3n) is 6.86. The molecule has 1 aromatic carbocycles. The number of nitrogens with zero attached hydrogens (tertiary/aromatic N) is 4. The monoisotopic (exact) mass is 554 g/mol. The van der Waals surface area contributed by atoms with Gasteiger partial charge in [-0.15, -0.1) is 0 Å². The van der Waals surface area contributed by atoms with Crippen LogP contribution in [0.1, 0.15) is 45.3 Å². The van der Waals surface area contributed by atoms with Crippen LogP contribution in [0.25, 0.3) is 27.5 Å². The molecule has 4 aromatic rings. The Balaban J connectivity index is 1.53. The maximum absolute atomic E-state index is 14.8. The number of halogens is 1. The van der Waals surface area contributed by atoms with Crippen molar-refractivity contribution in [3.63, 3.8) is 0 Å². The van der Waals surface area contributed by atoms with Gasteiger partial charge in [0.2, 0.25) is 0 Å². The summed E-state index contributed by atoms with van der Waals surface area (Å²) in [5.74, 6) is -0.533. The Morgan fingerprint density at radius 1 is 1.10 bits per heavy atom. The van der Waals surface area contributed by atoms with E-state index in [-0.39, 0.29) is 28.1 Å². The van der Waals surface area contributed by atoms with Crippen LogP contribution in [0.15, 0.2) is 52.5 Å². The van der Waals surface area contributed by atoms with Gasteiger partial charge >= 0.3 is 6.09 Å². The molecule has 1 fully saturated rings. The fourth-order valence-corrected chi connectivity index (χ4v) is 6.01. The lowest BCUT2D eigenvalue weighted by Gasteiger charge is -2.34. The molecular formula is C28H31FN4O5S. The fourth-order valence-electron chi connectivity index (χ4n) is 5.09. The number of ether oxygens (including phenoxy) is 1. The van der Waals surface area contributed by atoms with Crippen LogP contribution in [0.5, 0.6) is 0 Å². The third kappa shape index (κ3) is 5.27. The summed E-state index contributed by atoms with van der Waals surface area (Å²) in [6, 6.07) is 5.96. The number of imidazole rings is 1. The predicted molar refractivity (Wildman–Crippen MR) is 146 cm³/mol. The lowest BCUT2D eigenvalue weighted by atomic mass is 10.0. The van der Waals surface area contributed by atoms with Gasteiger partial charge in [-0.2, -0.15) is 0 Å². The smallest absolute Gasteiger partial charge is 0.410 e. The van der Waals surface area contributed by atoms with Crippen LogP contribution in [-0.4, -0.2) is 58.3 Å². The maximum Gasteiger partial charge on any atom is 0.410 e. The van der Waals surface area contributed by atoms with Crippen molar-refractivity contribution in [2.24, 2.45) is 0 Å². The van der Waals surface area contributed by atoms with E-state index in [0.29, 0.717) is 48.1 Å². The molecule has 0 N–H and O–H groups in total. The number of hydrogen-bond donors (Lipinski definition) is 0. The minimum atomic E-state index is -3.81. The van der Waals surface area contributed by atoms with Crippen molar-refractivity contribution < 1.29 is 22.3 Å². The minimum absolute atomic E-state index is 0.0957. The Morgan fingerprint density at radius 3 is 2.44 bits per heavy atom. The van der Waals surface area contributed by atoms with Gasteiger partial charge in [-0.25, -0.2) is 22.6 Å². The van der Waals surface area contributed by atoms with Gasteiger partial charge in [0.15, 0.2) is 21.3 Å². The molecule has 1 aliphatic rings. The molecule has 4 heterocycles. The van der Waals surface area contributed by atoms with Crippen molar-refractivity contribution in [2.75, 3.05) is 19.3 Å². The number of aryl methyl sites for hydroxylation is 1. The highest BCUT2D eigenvalue weighted by Gasteiger charge is 2.29. The van der Waals surface area contributed by atoms with Crippen LogP contribution in [0.3, 0.4) is 0 Å². The van der Waals surface area contributed by atoms with Gasteiger partial charge in [0, 0.05) is 49.5 Å². The SMILES string of the molecule is Cc1cn2cc(-c3cc(S(C)(=O)=O)c4c(=O)n(C5CCN(C(=O)OC(C)(C)C)CC5)ccc4c3)cc(F)c2n1. The van der Waals surface area contributed by atoms with Gasteiger partial charge in [-0.05, 0) is 75.8 Å². The third-order valence-corrected chi connectivity index (χ3v) is 7.99. The highest BCUT2D eigenvalue weighted by atomic mass is 32.2. The number of rotatable bonds is 3. The lowest BCUT2D eigenvalue weighted by Crippen LogP contribution is -2.43. The number of likely N-dealkylation sites (tertiary alicyclic amines) is 1. The lowest BCUT2D eigenvalue weighted by molar-refractivity contribution is 0.0187. The van der Waals surface area contributed by atoms with Gasteiger partial charge in [0.05, 0.1) is 16.0 Å². The van der Waals surface area contributed by atoms with Crippen LogP contribution >= 0.6 is 0 Å². The van der Waals surface area contributed by atoms with E-state index in [1.165, 1.54) is 12.1 Å². The highest BCUT2D eigenvalue weighted by molar-refractivity contribution is 7.91. The number of piperidine rings is 1. The van der Waals surface area contributed by atoms with Crippen LogP contribution in [0, 0.1) is 12.7 Å². The standard InChI is InChI=1S/C28H31FN4O5S/c1-17-15-32-16-20(13-22(29)25(32)30-17)19-12-18-6-11-33(26(34)24(18)23(14-19)39(5,36)37)21-7-9-31(10-8-21)27(35)38-28(2,3)4/h6,11-16,21H,7-10H2,1-5H3. The summed E-state index contributed by atoms with van der Waals surface area (Å²) in [6.45, 7) is 8.03. The van der Waals surface area contributed by atoms with Crippen LogP contribution in [-0.2, 0) is 14.6 Å². The molecule has 0 bridgehead atoms. The zero-order chi connectivity index (χ0) is 28.3. The summed E-state index contributed by atoms with van der Waals surface area (Å²) < 4.78 is 49.1. The molecule has 0 atom stereocenters. The second-order valence-electron chi connectivity index (χ2n) is 11.1. The van der Waals surface area contributed by atoms with Crippen molar-refractivity contribution in [3.8, 4) is 11.1 Å². The van der Waals surface area contributed by atoms with E-state index in [9.17, 15) is 22.4 Å². The van der Waals surface area contributed by atoms with E-state index < -0.39 is 26.8 Å². The van der Waals surface area contributed by atoms with Crippen molar-refractivity contribution >= 4 is 32.4 Å². The largest absolute Gasteiger partial charge is 0.444 e. The number of benzene rings is 1. The summed E-state index contributed by atoms with van der Waals surface area (Å²) >= 11 is 0. The average molecular weight is 555 g/mol. The minimum Gasteiger partial charge on any atom is -0.444 e. The van der Waals surface area contributed by atoms with Crippen molar-refractivity contribution in [3.05, 3.63) is 64.7 Å². The Bertz CT molecular complexity index is 1780. The van der Waals surface area contributed by atoms with Crippen LogP contribution < -0.4 is 5.56 Å². The molecular weight excluding hydrogens is 523 g/mol. The molecule has 0 unspecified atom stereocenters. The van der Waals surface area contributed by atoms with Crippen molar-refractivity contribution in [1.82, 2.24) is 18.9 Å². The zero-order valence-corrected chi connectivity index (χ0v) is 23.4. The Morgan fingerprint density at radius 2 is 1.79 bits per heavy atom.